The standard InChI is InChI=1S/C15H18/c1-3-5-10-14(11-6-4-2)15-12-8-7-9-13-15/h3-4,7-10,12-13H,1-2,5-6,11H2/b14-10-. The van der Waals surface area contributed by atoms with Crippen LogP contribution in [0.5, 0.6) is 0 Å². The molecule has 0 nitrogen and oxygen atoms in total. The summed E-state index contributed by atoms with van der Waals surface area (Å²) in [7, 11) is 0. The highest BCUT2D eigenvalue weighted by Crippen LogP contribution is 2.20. The Bertz CT molecular complexity index is 330. The van der Waals surface area contributed by atoms with Crippen molar-refractivity contribution in [3.8, 4) is 0 Å². The quantitative estimate of drug-likeness (QED) is 0.585. The Morgan fingerprint density at radius 1 is 1.07 bits per heavy atom. The Morgan fingerprint density at radius 2 is 1.80 bits per heavy atom. The molecule has 1 aromatic carbocycles. The molecule has 0 radical (unpaired) electrons. The molecule has 0 bridgehead atoms. The summed E-state index contributed by atoms with van der Waals surface area (Å²) >= 11 is 0. The van der Waals surface area contributed by atoms with Crippen LogP contribution in [0.4, 0.5) is 0 Å². The van der Waals surface area contributed by atoms with Gasteiger partial charge >= 0.3 is 0 Å². The van der Waals surface area contributed by atoms with E-state index < -0.39 is 0 Å². The van der Waals surface area contributed by atoms with Crippen LogP contribution in [0.25, 0.3) is 5.57 Å². The second kappa shape index (κ2) is 6.83. The lowest BCUT2D eigenvalue weighted by atomic mass is 10.00. The van der Waals surface area contributed by atoms with Crippen molar-refractivity contribution in [3.63, 3.8) is 0 Å². The Hall–Kier alpha value is -1.56. The van der Waals surface area contributed by atoms with Crippen LogP contribution in [0.3, 0.4) is 0 Å². The average molecular weight is 198 g/mol. The molecule has 0 aliphatic rings. The first-order valence-electron chi connectivity index (χ1n) is 5.34. The summed E-state index contributed by atoms with van der Waals surface area (Å²) in [5.41, 5.74) is 2.69. The lowest BCUT2D eigenvalue weighted by Crippen LogP contribution is -1.84. The third kappa shape index (κ3) is 3.99. The molecule has 0 spiro atoms. The minimum atomic E-state index is 0.932. The van der Waals surface area contributed by atoms with Crippen molar-refractivity contribution >= 4 is 5.57 Å². The second-order valence-electron chi connectivity index (χ2n) is 3.45. The SMILES string of the molecule is C=CC/C=C(/CCC=C)c1ccccc1. The molecule has 78 valence electrons. The van der Waals surface area contributed by atoms with Gasteiger partial charge in [-0.05, 0) is 30.4 Å². The number of benzene rings is 1. The molecule has 0 aliphatic heterocycles. The van der Waals surface area contributed by atoms with Crippen LogP contribution in [-0.2, 0) is 0 Å². The van der Waals surface area contributed by atoms with Crippen LogP contribution in [0.2, 0.25) is 0 Å². The van der Waals surface area contributed by atoms with Crippen LogP contribution in [-0.4, -0.2) is 0 Å². The van der Waals surface area contributed by atoms with E-state index in [4.69, 9.17) is 0 Å². The van der Waals surface area contributed by atoms with E-state index in [0.29, 0.717) is 0 Å². The Balaban J connectivity index is 2.80. The number of rotatable bonds is 6. The normalized spacial score (nSPS) is 11.1. The predicted molar refractivity (Wildman–Crippen MR) is 68.7 cm³/mol. The molecule has 1 rings (SSSR count). The van der Waals surface area contributed by atoms with Crippen molar-refractivity contribution in [3.05, 3.63) is 67.3 Å². The summed E-state index contributed by atoms with van der Waals surface area (Å²) in [6.07, 6.45) is 9.15. The molecule has 0 saturated carbocycles. The van der Waals surface area contributed by atoms with E-state index in [1.54, 1.807) is 0 Å². The van der Waals surface area contributed by atoms with Gasteiger partial charge in [0.25, 0.3) is 0 Å². The van der Waals surface area contributed by atoms with Gasteiger partial charge in [-0.2, -0.15) is 0 Å². The molecule has 0 atom stereocenters. The highest BCUT2D eigenvalue weighted by Gasteiger charge is 1.98. The van der Waals surface area contributed by atoms with E-state index in [-0.39, 0.29) is 0 Å². The zero-order valence-corrected chi connectivity index (χ0v) is 9.15. The van der Waals surface area contributed by atoms with Crippen molar-refractivity contribution in [2.45, 2.75) is 19.3 Å². The van der Waals surface area contributed by atoms with E-state index >= 15 is 0 Å². The average Bonchev–Trinajstić information content (AvgIpc) is 2.30. The molecule has 0 fully saturated rings. The van der Waals surface area contributed by atoms with Gasteiger partial charge in [-0.1, -0.05) is 48.6 Å². The number of allylic oxidation sites excluding steroid dienone is 4. The molecule has 0 amide bonds. The summed E-state index contributed by atoms with van der Waals surface area (Å²) in [6, 6.07) is 10.5. The fourth-order valence-electron chi connectivity index (χ4n) is 1.50. The third-order valence-corrected chi connectivity index (χ3v) is 2.29. The molecule has 1 aromatic rings. The van der Waals surface area contributed by atoms with Gasteiger partial charge in [-0.25, -0.2) is 0 Å². The molecule has 0 saturated heterocycles. The minimum Gasteiger partial charge on any atom is -0.103 e. The molecule has 0 heterocycles. The van der Waals surface area contributed by atoms with Gasteiger partial charge in [0.1, 0.15) is 0 Å². The molecule has 15 heavy (non-hydrogen) atoms. The van der Waals surface area contributed by atoms with Crippen LogP contribution in [0.15, 0.2) is 61.7 Å². The first-order valence-corrected chi connectivity index (χ1v) is 5.34. The highest BCUT2D eigenvalue weighted by atomic mass is 14.0. The lowest BCUT2D eigenvalue weighted by molar-refractivity contribution is 1.07. The van der Waals surface area contributed by atoms with Crippen molar-refractivity contribution in [1.82, 2.24) is 0 Å². The van der Waals surface area contributed by atoms with Crippen molar-refractivity contribution in [2.75, 3.05) is 0 Å². The maximum atomic E-state index is 3.76. The van der Waals surface area contributed by atoms with Gasteiger partial charge in [0.2, 0.25) is 0 Å². The van der Waals surface area contributed by atoms with Gasteiger partial charge in [0.15, 0.2) is 0 Å². The highest BCUT2D eigenvalue weighted by molar-refractivity contribution is 5.65. The summed E-state index contributed by atoms with van der Waals surface area (Å²) in [6.45, 7) is 7.50. The molecule has 0 N–H and O–H groups in total. The predicted octanol–water partition coefficient (Wildman–Crippen LogP) is 4.61. The van der Waals surface area contributed by atoms with Gasteiger partial charge in [0.05, 0.1) is 0 Å². The smallest absolute Gasteiger partial charge is 0.0166 e. The van der Waals surface area contributed by atoms with E-state index in [1.807, 2.05) is 18.2 Å². The molecule has 0 unspecified atom stereocenters. The maximum Gasteiger partial charge on any atom is -0.0166 e. The van der Waals surface area contributed by atoms with E-state index in [2.05, 4.69) is 43.5 Å². The maximum absolute atomic E-state index is 3.76. The summed E-state index contributed by atoms with van der Waals surface area (Å²) in [5, 5.41) is 0. The molecule has 0 aliphatic carbocycles. The summed E-state index contributed by atoms with van der Waals surface area (Å²) in [4.78, 5) is 0. The van der Waals surface area contributed by atoms with Crippen molar-refractivity contribution < 1.29 is 0 Å². The summed E-state index contributed by atoms with van der Waals surface area (Å²) < 4.78 is 0. The van der Waals surface area contributed by atoms with Gasteiger partial charge in [-0.3, -0.25) is 0 Å². The van der Waals surface area contributed by atoms with E-state index in [9.17, 15) is 0 Å². The first kappa shape index (κ1) is 11.5. The minimum absolute atomic E-state index is 0.932. The van der Waals surface area contributed by atoms with Gasteiger partial charge in [-0.15, -0.1) is 13.2 Å². The van der Waals surface area contributed by atoms with E-state index in [1.165, 1.54) is 11.1 Å². The van der Waals surface area contributed by atoms with E-state index in [0.717, 1.165) is 19.3 Å². The van der Waals surface area contributed by atoms with Gasteiger partial charge < -0.3 is 0 Å². The Kier molecular flexibility index (Phi) is 5.24. The monoisotopic (exact) mass is 198 g/mol. The second-order valence-corrected chi connectivity index (χ2v) is 3.45. The fraction of sp³-hybridized carbons (Fsp3) is 0.200. The van der Waals surface area contributed by atoms with Crippen molar-refractivity contribution in [2.24, 2.45) is 0 Å². The zero-order valence-electron chi connectivity index (χ0n) is 9.15. The van der Waals surface area contributed by atoms with Crippen LogP contribution in [0, 0.1) is 0 Å². The Morgan fingerprint density at radius 3 is 2.40 bits per heavy atom. The van der Waals surface area contributed by atoms with Crippen LogP contribution in [0.1, 0.15) is 24.8 Å². The van der Waals surface area contributed by atoms with Gasteiger partial charge in [0, 0.05) is 0 Å². The van der Waals surface area contributed by atoms with Crippen LogP contribution < -0.4 is 0 Å². The third-order valence-electron chi connectivity index (χ3n) is 2.29. The summed E-state index contributed by atoms with van der Waals surface area (Å²) in [5.74, 6) is 0. The lowest BCUT2D eigenvalue weighted by Gasteiger charge is -2.05. The first-order chi connectivity index (χ1) is 7.38. The Labute approximate surface area is 92.6 Å². The molecular formula is C15H18. The van der Waals surface area contributed by atoms with Crippen LogP contribution >= 0.6 is 0 Å². The largest absolute Gasteiger partial charge is 0.103 e. The molecule has 0 heteroatoms. The number of hydrogen-bond acceptors (Lipinski definition) is 0. The molecule has 0 aromatic heterocycles. The molecular weight excluding hydrogens is 180 g/mol. The fourth-order valence-corrected chi connectivity index (χ4v) is 1.50. The van der Waals surface area contributed by atoms with Crippen molar-refractivity contribution in [1.29, 1.82) is 0 Å². The topological polar surface area (TPSA) is 0 Å². The zero-order chi connectivity index (χ0) is 10.9. The number of hydrogen-bond donors (Lipinski definition) is 0.